The van der Waals surface area contributed by atoms with Crippen LogP contribution in [0.4, 0.5) is 0 Å². The summed E-state index contributed by atoms with van der Waals surface area (Å²) < 4.78 is 2.40. The highest BCUT2D eigenvalue weighted by Crippen LogP contribution is 2.56. The maximum Gasteiger partial charge on any atom is 0.162 e. The molecule has 50 heavy (non-hydrogen) atoms. The van der Waals surface area contributed by atoms with Gasteiger partial charge in [-0.25, -0.2) is 9.97 Å². The fraction of sp³-hybridized carbons (Fsp3) is 0.0652. The highest BCUT2D eigenvalue weighted by molar-refractivity contribution is 6.25. The smallest absolute Gasteiger partial charge is 0.162 e. The van der Waals surface area contributed by atoms with Crippen LogP contribution in [0, 0.1) is 0 Å². The van der Waals surface area contributed by atoms with Gasteiger partial charge in [-0.3, -0.25) is 4.98 Å². The van der Waals surface area contributed by atoms with Crippen molar-refractivity contribution in [1.29, 1.82) is 0 Å². The van der Waals surface area contributed by atoms with Crippen molar-refractivity contribution >= 4 is 32.6 Å². The number of para-hydroxylation sites is 1. The Labute approximate surface area is 290 Å². The van der Waals surface area contributed by atoms with E-state index in [1.54, 1.807) is 0 Å². The third-order valence-electron chi connectivity index (χ3n) is 10.4. The number of rotatable bonds is 4. The maximum absolute atomic E-state index is 5.13. The molecule has 0 bridgehead atoms. The van der Waals surface area contributed by atoms with Gasteiger partial charge in [0.05, 0.1) is 34.3 Å². The van der Waals surface area contributed by atoms with E-state index < -0.39 is 0 Å². The van der Waals surface area contributed by atoms with Crippen molar-refractivity contribution in [2.75, 3.05) is 0 Å². The molecule has 0 saturated heterocycles. The van der Waals surface area contributed by atoms with Gasteiger partial charge < -0.3 is 4.57 Å². The van der Waals surface area contributed by atoms with Crippen molar-refractivity contribution in [3.05, 3.63) is 169 Å². The van der Waals surface area contributed by atoms with Gasteiger partial charge >= 0.3 is 0 Å². The Bertz CT molecular complexity index is 2720. The highest BCUT2D eigenvalue weighted by Gasteiger charge is 2.39. The van der Waals surface area contributed by atoms with Crippen LogP contribution in [0.15, 0.2) is 158 Å². The van der Waals surface area contributed by atoms with Gasteiger partial charge in [0.1, 0.15) is 0 Å². The van der Waals surface area contributed by atoms with E-state index in [0.29, 0.717) is 5.82 Å². The summed E-state index contributed by atoms with van der Waals surface area (Å²) in [4.78, 5) is 15.1. The minimum absolute atomic E-state index is 0.178. The van der Waals surface area contributed by atoms with Gasteiger partial charge in [-0.2, -0.15) is 0 Å². The maximum atomic E-state index is 5.13. The summed E-state index contributed by atoms with van der Waals surface area (Å²) in [5, 5.41) is 5.04. The lowest BCUT2D eigenvalue weighted by molar-refractivity contribution is 0.667. The molecule has 0 N–H and O–H groups in total. The van der Waals surface area contributed by atoms with Crippen LogP contribution in [0.5, 0.6) is 0 Å². The molecule has 0 aliphatic heterocycles. The minimum atomic E-state index is -0.178. The van der Waals surface area contributed by atoms with Crippen molar-refractivity contribution in [3.8, 4) is 50.7 Å². The molecule has 6 aromatic carbocycles. The molecule has 0 fully saturated rings. The van der Waals surface area contributed by atoms with E-state index in [1.807, 2.05) is 48.8 Å². The van der Waals surface area contributed by atoms with Crippen LogP contribution in [0.1, 0.15) is 25.0 Å². The fourth-order valence-corrected chi connectivity index (χ4v) is 8.23. The molecule has 1 aliphatic rings. The Hall–Kier alpha value is -6.39. The summed E-state index contributed by atoms with van der Waals surface area (Å²) in [6.45, 7) is 4.75. The summed E-state index contributed by atoms with van der Waals surface area (Å²) >= 11 is 0. The van der Waals surface area contributed by atoms with Crippen LogP contribution in [0.25, 0.3) is 83.3 Å². The van der Waals surface area contributed by atoms with Crippen LogP contribution in [-0.2, 0) is 5.41 Å². The van der Waals surface area contributed by atoms with Gasteiger partial charge in [0.15, 0.2) is 5.82 Å². The lowest BCUT2D eigenvalue weighted by Crippen LogP contribution is -2.15. The third-order valence-corrected chi connectivity index (χ3v) is 10.4. The lowest BCUT2D eigenvalue weighted by Gasteiger charge is -2.23. The Balaban J connectivity index is 1.26. The number of aromatic nitrogens is 4. The SMILES string of the molecule is CC1(C)c2ccccc2-c2c1c1c3ccccc3n(-c3cncc(-c4nc(-c5ccccc5)cc(-c5ccccc5)n4)c3)c1c1ccccc21. The first-order chi connectivity index (χ1) is 24.6. The first-order valence-electron chi connectivity index (χ1n) is 17.1. The predicted molar refractivity (Wildman–Crippen MR) is 206 cm³/mol. The molecule has 0 unspecified atom stereocenters. The quantitative estimate of drug-likeness (QED) is 0.192. The van der Waals surface area contributed by atoms with Gasteiger partial charge in [-0.15, -0.1) is 0 Å². The second-order valence-electron chi connectivity index (χ2n) is 13.7. The molecule has 4 nitrogen and oxygen atoms in total. The molecule has 0 radical (unpaired) electrons. The zero-order valence-electron chi connectivity index (χ0n) is 27.8. The summed E-state index contributed by atoms with van der Waals surface area (Å²) in [6, 6.07) is 51.5. The van der Waals surface area contributed by atoms with Gasteiger partial charge in [-0.1, -0.05) is 141 Å². The van der Waals surface area contributed by atoms with Gasteiger partial charge in [0, 0.05) is 44.5 Å². The van der Waals surface area contributed by atoms with Crippen LogP contribution >= 0.6 is 0 Å². The molecule has 0 saturated carbocycles. The zero-order valence-corrected chi connectivity index (χ0v) is 27.8. The van der Waals surface area contributed by atoms with Crippen LogP contribution in [-0.4, -0.2) is 19.5 Å². The molecule has 0 atom stereocenters. The molecule has 1 aliphatic carbocycles. The second kappa shape index (κ2) is 10.8. The number of fused-ring (bicyclic) bond motifs is 10. The monoisotopic (exact) mass is 640 g/mol. The Morgan fingerprint density at radius 1 is 0.540 bits per heavy atom. The molecule has 10 rings (SSSR count). The van der Waals surface area contributed by atoms with E-state index in [2.05, 4.69) is 128 Å². The first-order valence-corrected chi connectivity index (χ1v) is 17.1. The summed E-state index contributed by atoms with van der Waals surface area (Å²) in [5.74, 6) is 0.641. The number of nitrogens with zero attached hydrogens (tertiary/aromatic N) is 4. The van der Waals surface area contributed by atoms with Crippen molar-refractivity contribution in [1.82, 2.24) is 19.5 Å². The number of hydrogen-bond acceptors (Lipinski definition) is 3. The average Bonchev–Trinajstić information content (AvgIpc) is 3.65. The molecular weight excluding hydrogens is 609 g/mol. The fourth-order valence-electron chi connectivity index (χ4n) is 8.23. The molecule has 4 heteroatoms. The van der Waals surface area contributed by atoms with Crippen LogP contribution in [0.3, 0.4) is 0 Å². The van der Waals surface area contributed by atoms with E-state index in [1.165, 1.54) is 49.3 Å². The number of benzene rings is 6. The molecule has 0 spiro atoms. The number of pyridine rings is 1. The molecular formula is C46H32N4. The summed E-state index contributed by atoms with van der Waals surface area (Å²) in [6.07, 6.45) is 3.85. The van der Waals surface area contributed by atoms with Gasteiger partial charge in [0.25, 0.3) is 0 Å². The molecule has 3 aromatic heterocycles. The average molecular weight is 641 g/mol. The Kier molecular flexibility index (Phi) is 6.19. The molecule has 3 heterocycles. The first kappa shape index (κ1) is 28.6. The molecule has 9 aromatic rings. The van der Waals surface area contributed by atoms with E-state index in [0.717, 1.165) is 39.3 Å². The second-order valence-corrected chi connectivity index (χ2v) is 13.7. The standard InChI is InChI=1S/C46H32N4/c1-46(2)37-23-13-11-21-35(37)41-33-19-9-10-20-34(33)44-42(43(41)46)36-22-12-14-24-40(36)50(44)32-25-31(27-47-28-32)45-48-38(29-15-5-3-6-16-29)26-39(49-45)30-17-7-4-8-18-30/h3-28H,1-2H3. The minimum Gasteiger partial charge on any atom is -0.307 e. The topological polar surface area (TPSA) is 43.6 Å². The predicted octanol–water partition coefficient (Wildman–Crippen LogP) is 11.4. The van der Waals surface area contributed by atoms with Crippen LogP contribution < -0.4 is 0 Å². The summed E-state index contributed by atoms with van der Waals surface area (Å²) in [5.41, 5.74) is 13.3. The Morgan fingerprint density at radius 2 is 1.14 bits per heavy atom. The number of hydrogen-bond donors (Lipinski definition) is 0. The van der Waals surface area contributed by atoms with Gasteiger partial charge in [-0.05, 0) is 45.8 Å². The Morgan fingerprint density at radius 3 is 1.86 bits per heavy atom. The zero-order chi connectivity index (χ0) is 33.4. The highest BCUT2D eigenvalue weighted by atomic mass is 15.0. The molecule has 0 amide bonds. The normalized spacial score (nSPS) is 13.2. The van der Waals surface area contributed by atoms with E-state index in [9.17, 15) is 0 Å². The molecule has 236 valence electrons. The van der Waals surface area contributed by atoms with E-state index in [-0.39, 0.29) is 5.41 Å². The van der Waals surface area contributed by atoms with Crippen molar-refractivity contribution < 1.29 is 0 Å². The van der Waals surface area contributed by atoms with Crippen molar-refractivity contribution in [2.45, 2.75) is 19.3 Å². The lowest BCUT2D eigenvalue weighted by atomic mass is 9.79. The largest absolute Gasteiger partial charge is 0.307 e. The third kappa shape index (κ3) is 4.15. The van der Waals surface area contributed by atoms with E-state index in [4.69, 9.17) is 15.0 Å². The van der Waals surface area contributed by atoms with E-state index >= 15 is 0 Å². The van der Waals surface area contributed by atoms with Gasteiger partial charge in [0.2, 0.25) is 0 Å². The summed E-state index contributed by atoms with van der Waals surface area (Å²) in [7, 11) is 0. The van der Waals surface area contributed by atoms with Crippen molar-refractivity contribution in [2.24, 2.45) is 0 Å². The van der Waals surface area contributed by atoms with Crippen molar-refractivity contribution in [3.63, 3.8) is 0 Å². The van der Waals surface area contributed by atoms with Crippen LogP contribution in [0.2, 0.25) is 0 Å².